The smallest absolute Gasteiger partial charge is 0.314 e. The van der Waals surface area contributed by atoms with E-state index in [-0.39, 0.29) is 0 Å². The SMILES string of the molecule is CCN(CCCNC1CC1)CC(F)(F)F. The highest BCUT2D eigenvalue weighted by Crippen LogP contribution is 2.18. The van der Waals surface area contributed by atoms with Crippen LogP contribution in [0.5, 0.6) is 0 Å². The van der Waals surface area contributed by atoms with Crippen LogP contribution >= 0.6 is 0 Å². The number of nitrogens with zero attached hydrogens (tertiary/aromatic N) is 1. The summed E-state index contributed by atoms with van der Waals surface area (Å²) in [4.78, 5) is 1.44. The number of hydrogen-bond donors (Lipinski definition) is 1. The van der Waals surface area contributed by atoms with Gasteiger partial charge in [-0.1, -0.05) is 6.92 Å². The first kappa shape index (κ1) is 12.8. The molecule has 0 unspecified atom stereocenters. The first-order chi connectivity index (χ1) is 7.01. The second-order valence-electron chi connectivity index (χ2n) is 4.07. The number of halogens is 3. The van der Waals surface area contributed by atoms with Gasteiger partial charge in [-0.2, -0.15) is 13.2 Å². The van der Waals surface area contributed by atoms with Gasteiger partial charge >= 0.3 is 6.18 Å². The maximum atomic E-state index is 12.1. The lowest BCUT2D eigenvalue weighted by molar-refractivity contribution is -0.145. The average Bonchev–Trinajstić information content (AvgIpc) is 2.92. The zero-order valence-electron chi connectivity index (χ0n) is 9.11. The lowest BCUT2D eigenvalue weighted by atomic mass is 10.3. The Morgan fingerprint density at radius 2 is 2.00 bits per heavy atom. The van der Waals surface area contributed by atoms with E-state index in [1.807, 2.05) is 0 Å². The van der Waals surface area contributed by atoms with Gasteiger partial charge in [0.15, 0.2) is 0 Å². The minimum absolute atomic E-state index is 0.461. The molecule has 1 aliphatic carbocycles. The summed E-state index contributed by atoms with van der Waals surface area (Å²) in [6.45, 7) is 2.80. The fourth-order valence-electron chi connectivity index (χ4n) is 1.50. The molecule has 5 heteroatoms. The molecule has 1 rings (SSSR count). The fourth-order valence-corrected chi connectivity index (χ4v) is 1.50. The van der Waals surface area contributed by atoms with Crippen LogP contribution < -0.4 is 5.32 Å². The zero-order chi connectivity index (χ0) is 11.3. The van der Waals surface area contributed by atoms with Crippen molar-refractivity contribution in [2.45, 2.75) is 38.4 Å². The highest BCUT2D eigenvalue weighted by atomic mass is 19.4. The van der Waals surface area contributed by atoms with Crippen molar-refractivity contribution >= 4 is 0 Å². The summed E-state index contributed by atoms with van der Waals surface area (Å²) < 4.78 is 36.2. The third-order valence-corrected chi connectivity index (χ3v) is 2.51. The minimum atomic E-state index is -4.07. The Kier molecular flexibility index (Phi) is 4.86. The van der Waals surface area contributed by atoms with Gasteiger partial charge in [0, 0.05) is 6.04 Å². The Morgan fingerprint density at radius 1 is 1.33 bits per heavy atom. The van der Waals surface area contributed by atoms with E-state index < -0.39 is 12.7 Å². The Bertz CT molecular complexity index is 178. The largest absolute Gasteiger partial charge is 0.401 e. The topological polar surface area (TPSA) is 15.3 Å². The molecule has 1 N–H and O–H groups in total. The molecule has 0 bridgehead atoms. The van der Waals surface area contributed by atoms with Crippen LogP contribution in [0.25, 0.3) is 0 Å². The highest BCUT2D eigenvalue weighted by Gasteiger charge is 2.29. The molecular weight excluding hydrogens is 205 g/mol. The van der Waals surface area contributed by atoms with Gasteiger partial charge in [0.25, 0.3) is 0 Å². The van der Waals surface area contributed by atoms with E-state index in [2.05, 4.69) is 5.32 Å². The maximum Gasteiger partial charge on any atom is 0.401 e. The molecule has 0 amide bonds. The van der Waals surface area contributed by atoms with Gasteiger partial charge in [-0.25, -0.2) is 0 Å². The first-order valence-electron chi connectivity index (χ1n) is 5.54. The summed E-state index contributed by atoms with van der Waals surface area (Å²) in [5, 5.41) is 3.29. The molecule has 0 aliphatic heterocycles. The molecule has 2 nitrogen and oxygen atoms in total. The molecule has 90 valence electrons. The molecule has 0 aromatic rings. The standard InChI is InChI=1S/C10H19F3N2/c1-2-15(8-10(11,12)13)7-3-6-14-9-4-5-9/h9,14H,2-8H2,1H3. The normalized spacial score (nSPS) is 17.4. The third kappa shape index (κ3) is 6.73. The van der Waals surface area contributed by atoms with Crippen LogP contribution in [-0.4, -0.2) is 43.3 Å². The molecule has 0 heterocycles. The lowest BCUT2D eigenvalue weighted by Crippen LogP contribution is -2.36. The van der Waals surface area contributed by atoms with Gasteiger partial charge in [0.05, 0.1) is 6.54 Å². The van der Waals surface area contributed by atoms with Crippen molar-refractivity contribution in [3.05, 3.63) is 0 Å². The number of rotatable bonds is 7. The number of hydrogen-bond acceptors (Lipinski definition) is 2. The Hall–Kier alpha value is -0.290. The van der Waals surface area contributed by atoms with E-state index in [1.54, 1.807) is 6.92 Å². The van der Waals surface area contributed by atoms with Crippen LogP contribution in [0.2, 0.25) is 0 Å². The molecule has 1 aliphatic rings. The van der Waals surface area contributed by atoms with Crippen molar-refractivity contribution in [2.75, 3.05) is 26.2 Å². The van der Waals surface area contributed by atoms with Gasteiger partial charge in [0.1, 0.15) is 0 Å². The zero-order valence-corrected chi connectivity index (χ0v) is 9.11. The van der Waals surface area contributed by atoms with Crippen LogP contribution in [0.4, 0.5) is 13.2 Å². The van der Waals surface area contributed by atoms with Crippen molar-refractivity contribution in [1.82, 2.24) is 10.2 Å². The molecule has 15 heavy (non-hydrogen) atoms. The van der Waals surface area contributed by atoms with Crippen LogP contribution in [0.3, 0.4) is 0 Å². The molecule has 0 radical (unpaired) electrons. The average molecular weight is 224 g/mol. The van der Waals surface area contributed by atoms with Gasteiger partial charge in [0.2, 0.25) is 0 Å². The Labute approximate surface area is 88.8 Å². The molecule has 0 atom stereocenters. The summed E-state index contributed by atoms with van der Waals surface area (Å²) in [6, 6.07) is 0.641. The minimum Gasteiger partial charge on any atom is -0.314 e. The second-order valence-corrected chi connectivity index (χ2v) is 4.07. The van der Waals surface area contributed by atoms with E-state index >= 15 is 0 Å². The Balaban J connectivity index is 2.04. The summed E-state index contributed by atoms with van der Waals surface area (Å²) in [6.07, 6.45) is -0.833. The van der Waals surface area contributed by atoms with Crippen molar-refractivity contribution in [3.63, 3.8) is 0 Å². The van der Waals surface area contributed by atoms with E-state index in [0.29, 0.717) is 19.1 Å². The summed E-state index contributed by atoms with van der Waals surface area (Å²) in [5.41, 5.74) is 0. The van der Waals surface area contributed by atoms with Crippen LogP contribution in [0.15, 0.2) is 0 Å². The number of nitrogens with one attached hydrogen (secondary N) is 1. The van der Waals surface area contributed by atoms with E-state index in [0.717, 1.165) is 13.0 Å². The first-order valence-corrected chi connectivity index (χ1v) is 5.54. The van der Waals surface area contributed by atoms with Crippen molar-refractivity contribution < 1.29 is 13.2 Å². The van der Waals surface area contributed by atoms with Crippen LogP contribution in [-0.2, 0) is 0 Å². The molecule has 0 aromatic carbocycles. The van der Waals surface area contributed by atoms with Gasteiger partial charge in [-0.05, 0) is 38.9 Å². The van der Waals surface area contributed by atoms with E-state index in [4.69, 9.17) is 0 Å². The van der Waals surface area contributed by atoms with Crippen molar-refractivity contribution in [1.29, 1.82) is 0 Å². The molecular formula is C10H19F3N2. The van der Waals surface area contributed by atoms with E-state index in [9.17, 15) is 13.2 Å². The van der Waals surface area contributed by atoms with Gasteiger partial charge in [-0.15, -0.1) is 0 Å². The summed E-state index contributed by atoms with van der Waals surface area (Å²) in [5.74, 6) is 0. The fraction of sp³-hybridized carbons (Fsp3) is 1.00. The predicted octanol–water partition coefficient (Wildman–Crippen LogP) is 2.01. The van der Waals surface area contributed by atoms with E-state index in [1.165, 1.54) is 17.7 Å². The van der Waals surface area contributed by atoms with Crippen LogP contribution in [0.1, 0.15) is 26.2 Å². The summed E-state index contributed by atoms with van der Waals surface area (Å²) >= 11 is 0. The number of alkyl halides is 3. The van der Waals surface area contributed by atoms with Gasteiger partial charge in [-0.3, -0.25) is 4.90 Å². The Morgan fingerprint density at radius 3 is 2.47 bits per heavy atom. The highest BCUT2D eigenvalue weighted by molar-refractivity contribution is 4.80. The predicted molar refractivity (Wildman–Crippen MR) is 53.8 cm³/mol. The molecule has 0 spiro atoms. The van der Waals surface area contributed by atoms with Gasteiger partial charge < -0.3 is 5.32 Å². The molecule has 0 aromatic heterocycles. The maximum absolute atomic E-state index is 12.1. The third-order valence-electron chi connectivity index (χ3n) is 2.51. The second kappa shape index (κ2) is 5.70. The lowest BCUT2D eigenvalue weighted by Gasteiger charge is -2.21. The molecule has 0 saturated heterocycles. The van der Waals surface area contributed by atoms with Crippen molar-refractivity contribution in [3.8, 4) is 0 Å². The molecule has 1 fully saturated rings. The summed E-state index contributed by atoms with van der Waals surface area (Å²) in [7, 11) is 0. The monoisotopic (exact) mass is 224 g/mol. The van der Waals surface area contributed by atoms with Crippen LogP contribution in [0, 0.1) is 0 Å². The molecule has 1 saturated carbocycles. The quantitative estimate of drug-likeness (QED) is 0.665. The van der Waals surface area contributed by atoms with Crippen molar-refractivity contribution in [2.24, 2.45) is 0 Å².